The number of phenols is 1. The summed E-state index contributed by atoms with van der Waals surface area (Å²) in [5.74, 6) is -1.61. The first kappa shape index (κ1) is 14.0. The van der Waals surface area contributed by atoms with Gasteiger partial charge in [0.25, 0.3) is 5.91 Å². The summed E-state index contributed by atoms with van der Waals surface area (Å²) in [6, 6.07) is 4.84. The largest absolute Gasteiger partial charge is 0.507 e. The number of nitrogens with zero attached hydrogens (tertiary/aromatic N) is 1. The summed E-state index contributed by atoms with van der Waals surface area (Å²) < 4.78 is 0. The van der Waals surface area contributed by atoms with Gasteiger partial charge in [-0.25, -0.2) is 0 Å². The quantitative estimate of drug-likeness (QED) is 0.833. The predicted octanol–water partition coefficient (Wildman–Crippen LogP) is 1.64. The Labute approximate surface area is 106 Å². The van der Waals surface area contributed by atoms with Gasteiger partial charge < -0.3 is 15.1 Å². The highest BCUT2D eigenvalue weighted by Gasteiger charge is 2.20. The molecule has 0 spiro atoms. The van der Waals surface area contributed by atoms with E-state index in [2.05, 4.69) is 0 Å². The molecule has 0 saturated carbocycles. The third kappa shape index (κ3) is 3.23. The molecule has 5 heteroatoms. The first-order valence-electron chi connectivity index (χ1n) is 5.77. The number of carbonyl (C=O) groups excluding carboxylic acids is 1. The number of benzene rings is 1. The standard InChI is InChI=1S/C13H17NO4/c1-3-7-14(8-11(15)16)13(18)10-6-4-5-9(2)12(10)17/h4-6,17H,3,7-8H2,1-2H3,(H,15,16). The average molecular weight is 251 g/mol. The minimum absolute atomic E-state index is 0.0889. The summed E-state index contributed by atoms with van der Waals surface area (Å²) in [4.78, 5) is 24.1. The normalized spacial score (nSPS) is 10.1. The van der Waals surface area contributed by atoms with E-state index in [4.69, 9.17) is 5.11 Å². The third-order valence-corrected chi connectivity index (χ3v) is 2.58. The van der Waals surface area contributed by atoms with Gasteiger partial charge in [-0.1, -0.05) is 19.1 Å². The number of para-hydroxylation sites is 1. The van der Waals surface area contributed by atoms with Gasteiger partial charge in [0.15, 0.2) is 0 Å². The van der Waals surface area contributed by atoms with Gasteiger partial charge in [0.05, 0.1) is 5.56 Å². The third-order valence-electron chi connectivity index (χ3n) is 2.58. The molecule has 5 nitrogen and oxygen atoms in total. The molecule has 1 rings (SSSR count). The Morgan fingerprint density at radius 3 is 2.56 bits per heavy atom. The fourth-order valence-electron chi connectivity index (χ4n) is 1.69. The second-order valence-electron chi connectivity index (χ2n) is 4.09. The monoisotopic (exact) mass is 251 g/mol. The Morgan fingerprint density at radius 2 is 2.00 bits per heavy atom. The van der Waals surface area contributed by atoms with Crippen LogP contribution in [-0.4, -0.2) is 40.1 Å². The van der Waals surface area contributed by atoms with Gasteiger partial charge in [-0.3, -0.25) is 9.59 Å². The molecule has 1 aromatic rings. The highest BCUT2D eigenvalue weighted by atomic mass is 16.4. The van der Waals surface area contributed by atoms with Crippen LogP contribution in [0.4, 0.5) is 0 Å². The van der Waals surface area contributed by atoms with Crippen LogP contribution in [0.1, 0.15) is 29.3 Å². The zero-order valence-corrected chi connectivity index (χ0v) is 10.5. The number of hydrogen-bond donors (Lipinski definition) is 2. The van der Waals surface area contributed by atoms with E-state index in [-0.39, 0.29) is 17.9 Å². The van der Waals surface area contributed by atoms with Gasteiger partial charge >= 0.3 is 5.97 Å². The number of aliphatic carboxylic acids is 1. The second kappa shape index (κ2) is 6.05. The summed E-state index contributed by atoms with van der Waals surface area (Å²) in [6.45, 7) is 3.53. The van der Waals surface area contributed by atoms with Gasteiger partial charge in [0.2, 0.25) is 0 Å². The summed E-state index contributed by atoms with van der Waals surface area (Å²) in [7, 11) is 0. The number of carboxylic acid groups (broad SMARTS) is 1. The minimum Gasteiger partial charge on any atom is -0.507 e. The van der Waals surface area contributed by atoms with E-state index in [0.29, 0.717) is 18.5 Å². The SMILES string of the molecule is CCCN(CC(=O)O)C(=O)c1cccc(C)c1O. The highest BCUT2D eigenvalue weighted by molar-refractivity contribution is 5.98. The van der Waals surface area contributed by atoms with Gasteiger partial charge in [-0.2, -0.15) is 0 Å². The first-order valence-corrected chi connectivity index (χ1v) is 5.77. The van der Waals surface area contributed by atoms with Crippen molar-refractivity contribution in [3.8, 4) is 5.75 Å². The number of hydrogen-bond acceptors (Lipinski definition) is 3. The lowest BCUT2D eigenvalue weighted by molar-refractivity contribution is -0.137. The summed E-state index contributed by atoms with van der Waals surface area (Å²) in [6.07, 6.45) is 0.658. The molecule has 0 aromatic heterocycles. The van der Waals surface area contributed by atoms with E-state index in [9.17, 15) is 14.7 Å². The van der Waals surface area contributed by atoms with Gasteiger partial charge in [-0.15, -0.1) is 0 Å². The maximum atomic E-state index is 12.1. The van der Waals surface area contributed by atoms with Crippen LogP contribution >= 0.6 is 0 Å². The molecule has 98 valence electrons. The van der Waals surface area contributed by atoms with Crippen LogP contribution in [0.5, 0.6) is 5.75 Å². The van der Waals surface area contributed by atoms with Crippen molar-refractivity contribution in [1.82, 2.24) is 4.90 Å². The predicted molar refractivity (Wildman–Crippen MR) is 66.7 cm³/mol. The zero-order chi connectivity index (χ0) is 13.7. The topological polar surface area (TPSA) is 77.8 Å². The Bertz CT molecular complexity index is 456. The van der Waals surface area contributed by atoms with Crippen molar-refractivity contribution < 1.29 is 19.8 Å². The molecule has 0 heterocycles. The second-order valence-corrected chi connectivity index (χ2v) is 4.09. The van der Waals surface area contributed by atoms with E-state index < -0.39 is 11.9 Å². The first-order chi connectivity index (χ1) is 8.47. The lowest BCUT2D eigenvalue weighted by Gasteiger charge is -2.20. The van der Waals surface area contributed by atoms with E-state index in [0.717, 1.165) is 0 Å². The molecule has 2 N–H and O–H groups in total. The van der Waals surface area contributed by atoms with E-state index >= 15 is 0 Å². The maximum Gasteiger partial charge on any atom is 0.323 e. The van der Waals surface area contributed by atoms with Gasteiger partial charge in [-0.05, 0) is 25.0 Å². The Morgan fingerprint density at radius 1 is 1.33 bits per heavy atom. The smallest absolute Gasteiger partial charge is 0.323 e. The minimum atomic E-state index is -1.07. The number of carboxylic acids is 1. The average Bonchev–Trinajstić information content (AvgIpc) is 2.31. The fourth-order valence-corrected chi connectivity index (χ4v) is 1.69. The van der Waals surface area contributed by atoms with Crippen molar-refractivity contribution in [2.45, 2.75) is 20.3 Å². The molecular weight excluding hydrogens is 234 g/mol. The van der Waals surface area contributed by atoms with Crippen LogP contribution in [0.15, 0.2) is 18.2 Å². The summed E-state index contributed by atoms with van der Waals surface area (Å²) in [5.41, 5.74) is 0.734. The van der Waals surface area contributed by atoms with Crippen molar-refractivity contribution in [1.29, 1.82) is 0 Å². The van der Waals surface area contributed by atoms with E-state index in [1.807, 2.05) is 6.92 Å². The Balaban J connectivity index is 3.01. The zero-order valence-electron chi connectivity index (χ0n) is 10.5. The van der Waals surface area contributed by atoms with Crippen LogP contribution in [0.25, 0.3) is 0 Å². The number of carbonyl (C=O) groups is 2. The molecule has 1 aromatic carbocycles. The summed E-state index contributed by atoms with van der Waals surface area (Å²) >= 11 is 0. The van der Waals surface area contributed by atoms with Crippen LogP contribution in [0.2, 0.25) is 0 Å². The van der Waals surface area contributed by atoms with E-state index in [1.54, 1.807) is 19.1 Å². The Hall–Kier alpha value is -2.04. The molecule has 0 radical (unpaired) electrons. The van der Waals surface area contributed by atoms with E-state index in [1.165, 1.54) is 11.0 Å². The number of amides is 1. The molecule has 0 aliphatic heterocycles. The number of rotatable bonds is 5. The highest BCUT2D eigenvalue weighted by Crippen LogP contribution is 2.22. The molecule has 0 atom stereocenters. The lowest BCUT2D eigenvalue weighted by atomic mass is 10.1. The van der Waals surface area contributed by atoms with Crippen molar-refractivity contribution in [3.05, 3.63) is 29.3 Å². The Kier molecular flexibility index (Phi) is 4.71. The molecule has 0 aliphatic rings. The van der Waals surface area contributed by atoms with Crippen molar-refractivity contribution >= 4 is 11.9 Å². The van der Waals surface area contributed by atoms with Crippen molar-refractivity contribution in [2.24, 2.45) is 0 Å². The number of aryl methyl sites for hydroxylation is 1. The number of aromatic hydroxyl groups is 1. The van der Waals surface area contributed by atoms with Crippen molar-refractivity contribution in [3.63, 3.8) is 0 Å². The van der Waals surface area contributed by atoms with Crippen LogP contribution in [-0.2, 0) is 4.79 Å². The molecule has 18 heavy (non-hydrogen) atoms. The maximum absolute atomic E-state index is 12.1. The number of phenolic OH excluding ortho intramolecular Hbond substituents is 1. The fraction of sp³-hybridized carbons (Fsp3) is 0.385. The molecule has 0 bridgehead atoms. The van der Waals surface area contributed by atoms with Gasteiger partial charge in [0.1, 0.15) is 12.3 Å². The van der Waals surface area contributed by atoms with Crippen LogP contribution in [0.3, 0.4) is 0 Å². The van der Waals surface area contributed by atoms with Crippen molar-refractivity contribution in [2.75, 3.05) is 13.1 Å². The van der Waals surface area contributed by atoms with Gasteiger partial charge in [0, 0.05) is 6.54 Å². The molecule has 0 saturated heterocycles. The molecule has 0 aliphatic carbocycles. The molecule has 0 fully saturated rings. The molecule has 0 unspecified atom stereocenters. The summed E-state index contributed by atoms with van der Waals surface area (Å²) in [5, 5.41) is 18.6. The molecule has 1 amide bonds. The van der Waals surface area contributed by atoms with Crippen LogP contribution in [0, 0.1) is 6.92 Å². The lowest BCUT2D eigenvalue weighted by Crippen LogP contribution is -2.36. The molecular formula is C13H17NO4. The van der Waals surface area contributed by atoms with Crippen LogP contribution < -0.4 is 0 Å².